The van der Waals surface area contributed by atoms with E-state index in [-0.39, 0.29) is 0 Å². The molecule has 0 unspecified atom stereocenters. The largest absolute Gasteiger partial charge is 0.376 e. The topological polar surface area (TPSA) is 20.2 Å². The maximum absolute atomic E-state index is 12.3. The maximum atomic E-state index is 12.3. The molecule has 2 heteroatoms. The van der Waals surface area contributed by atoms with Gasteiger partial charge in [-0.15, -0.1) is 0 Å². The Morgan fingerprint density at radius 3 is 1.02 bits per heavy atom. The van der Waals surface area contributed by atoms with E-state index in [0.717, 1.165) is 22.9 Å². The summed E-state index contributed by atoms with van der Waals surface area (Å²) in [7, 11) is -2.01. The third-order valence-corrected chi connectivity index (χ3v) is 12.1. The molecule has 40 heavy (non-hydrogen) atoms. The molecule has 0 fully saturated rings. The molecule has 194 valence electrons. The molecule has 0 aliphatic carbocycles. The Morgan fingerprint density at radius 2 is 0.675 bits per heavy atom. The SMILES string of the molecule is OC(c1ccccc1)(c1ccccc1)c1ccc(C[P+](c2ccccc2)(c2ccccc2)c2ccccc2)cc1. The molecule has 0 atom stereocenters. The van der Waals surface area contributed by atoms with Gasteiger partial charge in [-0.1, -0.05) is 140 Å². The zero-order chi connectivity index (χ0) is 27.3. The highest BCUT2D eigenvalue weighted by molar-refractivity contribution is 7.95. The highest BCUT2D eigenvalue weighted by Gasteiger charge is 2.45. The van der Waals surface area contributed by atoms with Gasteiger partial charge in [-0.3, -0.25) is 0 Å². The second-order valence-electron chi connectivity index (χ2n) is 10.1. The standard InChI is InChI=1S/C38H32OP/c39-38(32-16-6-1-7-17-32,33-18-8-2-9-19-33)34-28-26-31(27-29-34)30-40(35-20-10-3-11-21-35,36-22-12-4-13-23-36)37-24-14-5-15-25-37/h1-29,39H,30H2/q+1. The summed E-state index contributed by atoms with van der Waals surface area (Å²) in [4.78, 5) is 0. The quantitative estimate of drug-likeness (QED) is 0.158. The Morgan fingerprint density at radius 1 is 0.375 bits per heavy atom. The highest BCUT2D eigenvalue weighted by atomic mass is 31.2. The molecule has 0 saturated carbocycles. The first-order valence-corrected chi connectivity index (χ1v) is 15.7. The lowest BCUT2D eigenvalue weighted by Gasteiger charge is -2.31. The minimum Gasteiger partial charge on any atom is -0.376 e. The summed E-state index contributed by atoms with van der Waals surface area (Å²) >= 11 is 0. The molecule has 0 spiro atoms. The molecule has 6 rings (SSSR count). The summed E-state index contributed by atoms with van der Waals surface area (Å²) in [5, 5.41) is 16.4. The van der Waals surface area contributed by atoms with Crippen LogP contribution >= 0.6 is 7.26 Å². The van der Waals surface area contributed by atoms with Crippen LogP contribution in [0.1, 0.15) is 22.3 Å². The lowest BCUT2D eigenvalue weighted by atomic mass is 9.80. The van der Waals surface area contributed by atoms with Crippen molar-refractivity contribution in [3.05, 3.63) is 198 Å². The first-order valence-electron chi connectivity index (χ1n) is 13.7. The molecular weight excluding hydrogens is 503 g/mol. The normalized spacial score (nSPS) is 11.7. The van der Waals surface area contributed by atoms with E-state index in [0.29, 0.717) is 0 Å². The third kappa shape index (κ3) is 4.80. The molecule has 0 radical (unpaired) electrons. The summed E-state index contributed by atoms with van der Waals surface area (Å²) in [6.45, 7) is 0. The predicted octanol–water partition coefficient (Wildman–Crippen LogP) is 7.46. The van der Waals surface area contributed by atoms with E-state index < -0.39 is 12.9 Å². The van der Waals surface area contributed by atoms with Gasteiger partial charge in [0.05, 0.1) is 6.16 Å². The van der Waals surface area contributed by atoms with E-state index in [1.165, 1.54) is 21.5 Å². The molecule has 0 heterocycles. The second kappa shape index (κ2) is 11.4. The first kappa shape index (κ1) is 26.0. The number of hydrogen-bond acceptors (Lipinski definition) is 1. The monoisotopic (exact) mass is 535 g/mol. The zero-order valence-electron chi connectivity index (χ0n) is 22.3. The van der Waals surface area contributed by atoms with Crippen molar-refractivity contribution in [3.63, 3.8) is 0 Å². The Balaban J connectivity index is 1.48. The van der Waals surface area contributed by atoms with Crippen molar-refractivity contribution in [2.24, 2.45) is 0 Å². The van der Waals surface area contributed by atoms with Crippen LogP contribution in [0.2, 0.25) is 0 Å². The summed E-state index contributed by atoms with van der Waals surface area (Å²) < 4.78 is 0. The van der Waals surface area contributed by atoms with E-state index in [1.54, 1.807) is 0 Å². The summed E-state index contributed by atoms with van der Waals surface area (Å²) in [5.41, 5.74) is 2.57. The van der Waals surface area contributed by atoms with E-state index in [4.69, 9.17) is 0 Å². The van der Waals surface area contributed by atoms with Crippen molar-refractivity contribution in [2.75, 3.05) is 0 Å². The fourth-order valence-corrected chi connectivity index (χ4v) is 10.00. The predicted molar refractivity (Wildman–Crippen MR) is 170 cm³/mol. The van der Waals surface area contributed by atoms with Crippen LogP contribution in [0.4, 0.5) is 0 Å². The molecule has 0 bridgehead atoms. The molecule has 0 aliphatic rings. The van der Waals surface area contributed by atoms with Crippen molar-refractivity contribution in [2.45, 2.75) is 11.8 Å². The van der Waals surface area contributed by atoms with Crippen LogP contribution in [0.15, 0.2) is 176 Å². The fourth-order valence-electron chi connectivity index (χ4n) is 5.75. The molecule has 6 aromatic carbocycles. The van der Waals surface area contributed by atoms with Gasteiger partial charge in [0.2, 0.25) is 0 Å². The molecule has 6 aromatic rings. The maximum Gasteiger partial charge on any atom is 0.140 e. The lowest BCUT2D eigenvalue weighted by molar-refractivity contribution is 0.125. The average Bonchev–Trinajstić information content (AvgIpc) is 3.05. The Labute approximate surface area is 237 Å². The minimum atomic E-state index is -2.01. The van der Waals surface area contributed by atoms with Gasteiger partial charge in [-0.05, 0) is 58.7 Å². The van der Waals surface area contributed by atoms with E-state index >= 15 is 0 Å². The smallest absolute Gasteiger partial charge is 0.140 e. The molecular formula is C38H32OP+. The van der Waals surface area contributed by atoms with Crippen LogP contribution in [0.3, 0.4) is 0 Å². The Bertz CT molecular complexity index is 1500. The summed E-state index contributed by atoms with van der Waals surface area (Å²) in [6, 6.07) is 61.4. The van der Waals surface area contributed by atoms with Gasteiger partial charge in [0, 0.05) is 0 Å². The Hall–Kier alpha value is -4.29. The van der Waals surface area contributed by atoms with Crippen LogP contribution in [-0.4, -0.2) is 5.11 Å². The number of rotatable bonds is 8. The van der Waals surface area contributed by atoms with Gasteiger partial charge in [0.15, 0.2) is 0 Å². The van der Waals surface area contributed by atoms with Crippen LogP contribution < -0.4 is 15.9 Å². The van der Waals surface area contributed by atoms with E-state index in [1.807, 2.05) is 60.7 Å². The number of aliphatic hydroxyl groups is 1. The highest BCUT2D eigenvalue weighted by Crippen LogP contribution is 2.58. The van der Waals surface area contributed by atoms with E-state index in [2.05, 4.69) is 115 Å². The summed E-state index contributed by atoms with van der Waals surface area (Å²) in [6.07, 6.45) is 0.889. The molecule has 0 aromatic heterocycles. The lowest BCUT2D eigenvalue weighted by Crippen LogP contribution is -2.32. The number of benzene rings is 6. The van der Waals surface area contributed by atoms with Gasteiger partial charge in [0.25, 0.3) is 0 Å². The third-order valence-electron chi connectivity index (χ3n) is 7.77. The molecule has 0 aliphatic heterocycles. The molecule has 1 N–H and O–H groups in total. The van der Waals surface area contributed by atoms with Crippen molar-refractivity contribution in [1.82, 2.24) is 0 Å². The van der Waals surface area contributed by atoms with Crippen LogP contribution in [0.5, 0.6) is 0 Å². The fraction of sp³-hybridized carbons (Fsp3) is 0.0526. The Kier molecular flexibility index (Phi) is 7.43. The van der Waals surface area contributed by atoms with Gasteiger partial charge >= 0.3 is 0 Å². The minimum absolute atomic E-state index is 0.855. The zero-order valence-corrected chi connectivity index (χ0v) is 23.2. The average molecular weight is 536 g/mol. The van der Waals surface area contributed by atoms with Crippen molar-refractivity contribution in [1.29, 1.82) is 0 Å². The molecule has 0 saturated heterocycles. The van der Waals surface area contributed by atoms with Gasteiger partial charge < -0.3 is 5.11 Å². The second-order valence-corrected chi connectivity index (χ2v) is 13.6. The van der Waals surface area contributed by atoms with Crippen molar-refractivity contribution < 1.29 is 5.11 Å². The summed E-state index contributed by atoms with van der Waals surface area (Å²) in [5.74, 6) is 0. The van der Waals surface area contributed by atoms with Crippen molar-refractivity contribution in [3.8, 4) is 0 Å². The van der Waals surface area contributed by atoms with Crippen LogP contribution in [0.25, 0.3) is 0 Å². The van der Waals surface area contributed by atoms with Gasteiger partial charge in [-0.25, -0.2) is 0 Å². The first-order chi connectivity index (χ1) is 19.7. The van der Waals surface area contributed by atoms with Crippen LogP contribution in [-0.2, 0) is 11.8 Å². The van der Waals surface area contributed by atoms with Crippen molar-refractivity contribution >= 4 is 23.2 Å². The van der Waals surface area contributed by atoms with Gasteiger partial charge in [-0.2, -0.15) is 0 Å². The van der Waals surface area contributed by atoms with Crippen LogP contribution in [0, 0.1) is 0 Å². The van der Waals surface area contributed by atoms with E-state index in [9.17, 15) is 5.11 Å². The van der Waals surface area contributed by atoms with Gasteiger partial charge in [0.1, 0.15) is 28.8 Å². The molecule has 0 amide bonds. The number of hydrogen-bond donors (Lipinski definition) is 1. The molecule has 1 nitrogen and oxygen atoms in total.